The van der Waals surface area contributed by atoms with Gasteiger partial charge in [0, 0.05) is 5.56 Å². The van der Waals surface area contributed by atoms with Crippen LogP contribution in [0.3, 0.4) is 0 Å². The van der Waals surface area contributed by atoms with Gasteiger partial charge in [-0.25, -0.2) is 0 Å². The molecular formula is C16H18O4. The molecule has 0 saturated carbocycles. The highest BCUT2D eigenvalue weighted by Crippen LogP contribution is 2.31. The van der Waals surface area contributed by atoms with Crippen molar-refractivity contribution < 1.29 is 20.4 Å². The Bertz CT molecular complexity index is 624. The van der Waals surface area contributed by atoms with Crippen LogP contribution in [-0.4, -0.2) is 20.4 Å². The van der Waals surface area contributed by atoms with Gasteiger partial charge in [-0.1, -0.05) is 12.1 Å². The highest BCUT2D eigenvalue weighted by atomic mass is 16.3. The molecule has 0 amide bonds. The summed E-state index contributed by atoms with van der Waals surface area (Å²) in [5.41, 5.74) is 3.57. The fourth-order valence-corrected chi connectivity index (χ4v) is 2.33. The molecule has 0 saturated heterocycles. The van der Waals surface area contributed by atoms with Crippen molar-refractivity contribution in [2.24, 2.45) is 0 Å². The van der Waals surface area contributed by atoms with Crippen LogP contribution in [0, 0.1) is 13.8 Å². The van der Waals surface area contributed by atoms with Gasteiger partial charge in [0.15, 0.2) is 11.5 Å². The molecule has 2 aromatic carbocycles. The average Bonchev–Trinajstić information content (AvgIpc) is 2.39. The lowest BCUT2D eigenvalue weighted by molar-refractivity contribution is 0.275. The average molecular weight is 274 g/mol. The maximum atomic E-state index is 9.78. The summed E-state index contributed by atoms with van der Waals surface area (Å²) in [7, 11) is 0. The fourth-order valence-electron chi connectivity index (χ4n) is 2.33. The van der Waals surface area contributed by atoms with E-state index in [0.717, 1.165) is 11.1 Å². The second-order valence-corrected chi connectivity index (χ2v) is 5.04. The molecule has 0 aliphatic carbocycles. The van der Waals surface area contributed by atoms with E-state index in [4.69, 9.17) is 0 Å². The normalized spacial score (nSPS) is 10.8. The van der Waals surface area contributed by atoms with E-state index < -0.39 is 0 Å². The Hall–Kier alpha value is -2.20. The minimum absolute atomic E-state index is 0.105. The number of aromatic hydroxyl groups is 3. The standard InChI is InChI=1S/C16H18O4/c1-9-3-11(6-13(8-17)15(9)19)5-12-4-10(2)16(20)14(18)7-12/h3-4,6-7,17-20H,5,8H2,1-2H3. The number of benzene rings is 2. The first-order chi connectivity index (χ1) is 9.42. The molecule has 4 heteroatoms. The van der Waals surface area contributed by atoms with Crippen LogP contribution < -0.4 is 0 Å². The Labute approximate surface area is 117 Å². The number of phenolic OH excluding ortho intramolecular Hbond substituents is 2. The van der Waals surface area contributed by atoms with Crippen molar-refractivity contribution in [2.45, 2.75) is 26.9 Å². The largest absolute Gasteiger partial charge is 0.507 e. The quantitative estimate of drug-likeness (QED) is 0.648. The molecule has 0 bridgehead atoms. The molecule has 0 atom stereocenters. The van der Waals surface area contributed by atoms with E-state index >= 15 is 0 Å². The van der Waals surface area contributed by atoms with Crippen LogP contribution in [-0.2, 0) is 13.0 Å². The predicted octanol–water partition coefficient (Wildman–Crippen LogP) is 2.50. The third kappa shape index (κ3) is 2.70. The SMILES string of the molecule is Cc1cc(Cc2cc(C)c(O)c(CO)c2)cc(O)c1O. The minimum atomic E-state index is -0.222. The molecule has 106 valence electrons. The summed E-state index contributed by atoms with van der Waals surface area (Å²) >= 11 is 0. The zero-order valence-corrected chi connectivity index (χ0v) is 11.5. The molecule has 2 aromatic rings. The molecule has 4 nitrogen and oxygen atoms in total. The Morgan fingerprint density at radius 3 is 1.90 bits per heavy atom. The molecule has 0 fully saturated rings. The molecule has 0 aromatic heterocycles. The molecule has 20 heavy (non-hydrogen) atoms. The molecule has 0 spiro atoms. The Balaban J connectivity index is 2.37. The first-order valence-corrected chi connectivity index (χ1v) is 6.36. The molecule has 0 aliphatic heterocycles. The number of hydrogen-bond donors (Lipinski definition) is 4. The topological polar surface area (TPSA) is 80.9 Å². The highest BCUT2D eigenvalue weighted by molar-refractivity contribution is 5.49. The van der Waals surface area contributed by atoms with Crippen molar-refractivity contribution in [3.05, 3.63) is 52.1 Å². The van der Waals surface area contributed by atoms with Gasteiger partial charge in [-0.2, -0.15) is 0 Å². The smallest absolute Gasteiger partial charge is 0.160 e. The number of aliphatic hydroxyl groups excluding tert-OH is 1. The van der Waals surface area contributed by atoms with E-state index in [1.54, 1.807) is 26.0 Å². The molecule has 2 rings (SSSR count). The van der Waals surface area contributed by atoms with E-state index in [2.05, 4.69) is 0 Å². The van der Waals surface area contributed by atoms with Crippen LogP contribution in [0.5, 0.6) is 17.2 Å². The monoisotopic (exact) mass is 274 g/mol. The Morgan fingerprint density at radius 2 is 1.35 bits per heavy atom. The molecule has 0 radical (unpaired) electrons. The van der Waals surface area contributed by atoms with Crippen molar-refractivity contribution in [1.82, 2.24) is 0 Å². The van der Waals surface area contributed by atoms with E-state index in [0.29, 0.717) is 23.1 Å². The highest BCUT2D eigenvalue weighted by Gasteiger charge is 2.09. The van der Waals surface area contributed by atoms with Gasteiger partial charge in [-0.05, 0) is 54.7 Å². The van der Waals surface area contributed by atoms with Crippen molar-refractivity contribution in [3.8, 4) is 17.2 Å². The number of aliphatic hydroxyl groups is 1. The van der Waals surface area contributed by atoms with Crippen molar-refractivity contribution in [1.29, 1.82) is 0 Å². The lowest BCUT2D eigenvalue weighted by atomic mass is 9.98. The van der Waals surface area contributed by atoms with E-state index in [1.165, 1.54) is 6.07 Å². The Morgan fingerprint density at radius 1 is 0.800 bits per heavy atom. The third-order valence-electron chi connectivity index (χ3n) is 3.36. The van der Waals surface area contributed by atoms with Crippen LogP contribution in [0.1, 0.15) is 27.8 Å². The van der Waals surface area contributed by atoms with Gasteiger partial charge in [0.05, 0.1) is 6.61 Å². The van der Waals surface area contributed by atoms with Gasteiger partial charge < -0.3 is 20.4 Å². The van der Waals surface area contributed by atoms with Gasteiger partial charge in [-0.15, -0.1) is 0 Å². The van der Waals surface area contributed by atoms with Crippen molar-refractivity contribution >= 4 is 0 Å². The zero-order chi connectivity index (χ0) is 14.9. The van der Waals surface area contributed by atoms with Crippen LogP contribution in [0.4, 0.5) is 0 Å². The van der Waals surface area contributed by atoms with Gasteiger partial charge in [-0.3, -0.25) is 0 Å². The summed E-state index contributed by atoms with van der Waals surface area (Å²) in [5.74, 6) is -0.134. The van der Waals surface area contributed by atoms with Gasteiger partial charge in [0.25, 0.3) is 0 Å². The number of hydrogen-bond acceptors (Lipinski definition) is 4. The lowest BCUT2D eigenvalue weighted by Crippen LogP contribution is -1.95. The van der Waals surface area contributed by atoms with Crippen LogP contribution in [0.2, 0.25) is 0 Å². The number of phenols is 3. The summed E-state index contributed by atoms with van der Waals surface area (Å²) < 4.78 is 0. The molecular weight excluding hydrogens is 256 g/mol. The maximum Gasteiger partial charge on any atom is 0.160 e. The molecule has 0 heterocycles. The van der Waals surface area contributed by atoms with Crippen molar-refractivity contribution in [3.63, 3.8) is 0 Å². The predicted molar refractivity (Wildman–Crippen MR) is 76.1 cm³/mol. The van der Waals surface area contributed by atoms with Crippen molar-refractivity contribution in [2.75, 3.05) is 0 Å². The first-order valence-electron chi connectivity index (χ1n) is 6.36. The van der Waals surface area contributed by atoms with E-state index in [9.17, 15) is 20.4 Å². The first kappa shape index (κ1) is 14.2. The number of aryl methyl sites for hydroxylation is 2. The summed E-state index contributed by atoms with van der Waals surface area (Å²) in [6, 6.07) is 6.90. The summed E-state index contributed by atoms with van der Waals surface area (Å²) in [6.07, 6.45) is 0.544. The second-order valence-electron chi connectivity index (χ2n) is 5.04. The van der Waals surface area contributed by atoms with Gasteiger partial charge >= 0.3 is 0 Å². The molecule has 4 N–H and O–H groups in total. The lowest BCUT2D eigenvalue weighted by Gasteiger charge is -2.11. The van der Waals surface area contributed by atoms with E-state index in [1.807, 2.05) is 6.07 Å². The van der Waals surface area contributed by atoms with E-state index in [-0.39, 0.29) is 23.9 Å². The zero-order valence-electron chi connectivity index (χ0n) is 11.5. The number of rotatable bonds is 3. The summed E-state index contributed by atoms with van der Waals surface area (Å²) in [4.78, 5) is 0. The second kappa shape index (κ2) is 5.43. The minimum Gasteiger partial charge on any atom is -0.507 e. The summed E-state index contributed by atoms with van der Waals surface area (Å²) in [5, 5.41) is 38.2. The third-order valence-corrected chi connectivity index (χ3v) is 3.36. The fraction of sp³-hybridized carbons (Fsp3) is 0.250. The van der Waals surface area contributed by atoms with Crippen LogP contribution in [0.15, 0.2) is 24.3 Å². The molecule has 0 aliphatic rings. The maximum absolute atomic E-state index is 9.78. The van der Waals surface area contributed by atoms with Gasteiger partial charge in [0.2, 0.25) is 0 Å². The van der Waals surface area contributed by atoms with Crippen LogP contribution >= 0.6 is 0 Å². The Kier molecular flexibility index (Phi) is 3.86. The van der Waals surface area contributed by atoms with Crippen LogP contribution in [0.25, 0.3) is 0 Å². The van der Waals surface area contributed by atoms with Gasteiger partial charge in [0.1, 0.15) is 5.75 Å². The molecule has 0 unspecified atom stereocenters. The summed E-state index contributed by atoms with van der Waals surface area (Å²) in [6.45, 7) is 3.28.